The molecule has 0 fully saturated rings. The van der Waals surface area contributed by atoms with E-state index in [1.54, 1.807) is 6.92 Å². The number of nitriles is 1. The third-order valence-corrected chi connectivity index (χ3v) is 4.85. The van der Waals surface area contributed by atoms with Crippen molar-refractivity contribution in [3.8, 4) is 6.07 Å². The number of anilines is 1. The predicted molar refractivity (Wildman–Crippen MR) is 77.8 cm³/mol. The molecule has 0 aliphatic rings. The van der Waals surface area contributed by atoms with E-state index in [4.69, 9.17) is 5.26 Å². The van der Waals surface area contributed by atoms with Gasteiger partial charge in [0.05, 0.1) is 22.2 Å². The lowest BCUT2D eigenvalue weighted by molar-refractivity contribution is 0.591. The monoisotopic (exact) mass is 304 g/mol. The number of sulfonamides is 1. The van der Waals surface area contributed by atoms with E-state index in [2.05, 4.69) is 0 Å². The van der Waals surface area contributed by atoms with Crippen molar-refractivity contribution in [2.45, 2.75) is 11.8 Å². The van der Waals surface area contributed by atoms with Crippen LogP contribution in [0.25, 0.3) is 0 Å². The highest BCUT2D eigenvalue weighted by Crippen LogP contribution is 2.24. The van der Waals surface area contributed by atoms with Crippen LogP contribution in [0.5, 0.6) is 0 Å². The topological polar surface area (TPSA) is 61.2 Å². The van der Waals surface area contributed by atoms with E-state index in [0.717, 1.165) is 0 Å². The smallest absolute Gasteiger partial charge is 0.264 e. The molecule has 0 aliphatic heterocycles. The summed E-state index contributed by atoms with van der Waals surface area (Å²) >= 11 is 0. The lowest BCUT2D eigenvalue weighted by atomic mass is 10.2. The van der Waals surface area contributed by atoms with Crippen LogP contribution in [0.4, 0.5) is 10.1 Å². The highest BCUT2D eigenvalue weighted by Gasteiger charge is 2.23. The van der Waals surface area contributed by atoms with E-state index in [1.807, 2.05) is 6.07 Å². The Bertz CT molecular complexity index is 780. The Hall–Kier alpha value is -2.39. The maximum atomic E-state index is 13.0. The van der Waals surface area contributed by atoms with Crippen molar-refractivity contribution >= 4 is 15.7 Å². The summed E-state index contributed by atoms with van der Waals surface area (Å²) in [6, 6.07) is 12.9. The zero-order chi connectivity index (χ0) is 15.5. The SMILES string of the molecule is CCN(c1ccc(F)cc1)S(=O)(=O)c1cccc(C#N)c1. The van der Waals surface area contributed by atoms with Crippen LogP contribution in [0.3, 0.4) is 0 Å². The molecule has 0 saturated carbocycles. The van der Waals surface area contributed by atoms with Crippen LogP contribution in [0, 0.1) is 17.1 Å². The van der Waals surface area contributed by atoms with Gasteiger partial charge in [0.1, 0.15) is 5.82 Å². The lowest BCUT2D eigenvalue weighted by Gasteiger charge is -2.23. The van der Waals surface area contributed by atoms with Crippen LogP contribution < -0.4 is 4.31 Å². The van der Waals surface area contributed by atoms with Gasteiger partial charge in [-0.3, -0.25) is 4.31 Å². The number of halogens is 1. The molecule has 2 aromatic carbocycles. The number of rotatable bonds is 4. The first-order valence-corrected chi connectivity index (χ1v) is 7.71. The first kappa shape index (κ1) is 15.0. The predicted octanol–water partition coefficient (Wildman–Crippen LogP) is 2.91. The van der Waals surface area contributed by atoms with Crippen LogP contribution in [-0.2, 0) is 10.0 Å². The second kappa shape index (κ2) is 5.94. The summed E-state index contributed by atoms with van der Waals surface area (Å²) in [5.41, 5.74) is 0.646. The molecule has 0 aromatic heterocycles. The van der Waals surface area contributed by atoms with Gasteiger partial charge in [-0.2, -0.15) is 5.26 Å². The van der Waals surface area contributed by atoms with Gasteiger partial charge >= 0.3 is 0 Å². The Morgan fingerprint density at radius 1 is 1.19 bits per heavy atom. The Morgan fingerprint density at radius 2 is 1.86 bits per heavy atom. The van der Waals surface area contributed by atoms with E-state index >= 15 is 0 Å². The summed E-state index contributed by atoms with van der Waals surface area (Å²) in [6.45, 7) is 1.89. The number of nitrogens with zero attached hydrogens (tertiary/aromatic N) is 2. The Kier molecular flexibility index (Phi) is 4.24. The second-order valence-electron chi connectivity index (χ2n) is 4.29. The van der Waals surface area contributed by atoms with E-state index in [-0.39, 0.29) is 17.0 Å². The minimum Gasteiger partial charge on any atom is -0.267 e. The van der Waals surface area contributed by atoms with E-state index in [1.165, 1.54) is 52.8 Å². The molecule has 0 heterocycles. The number of hydrogen-bond donors (Lipinski definition) is 0. The van der Waals surface area contributed by atoms with Crippen molar-refractivity contribution in [2.24, 2.45) is 0 Å². The lowest BCUT2D eigenvalue weighted by Crippen LogP contribution is -2.30. The van der Waals surface area contributed by atoms with Crippen molar-refractivity contribution in [3.63, 3.8) is 0 Å². The highest BCUT2D eigenvalue weighted by molar-refractivity contribution is 7.92. The summed E-state index contributed by atoms with van der Waals surface area (Å²) in [6.07, 6.45) is 0. The third-order valence-electron chi connectivity index (χ3n) is 2.95. The van der Waals surface area contributed by atoms with E-state index in [0.29, 0.717) is 5.69 Å². The quantitative estimate of drug-likeness (QED) is 0.872. The van der Waals surface area contributed by atoms with Gasteiger partial charge in [0.15, 0.2) is 0 Å². The summed E-state index contributed by atoms with van der Waals surface area (Å²) in [7, 11) is -3.79. The Labute approximate surface area is 123 Å². The zero-order valence-corrected chi connectivity index (χ0v) is 12.1. The molecular weight excluding hydrogens is 291 g/mol. The Balaban J connectivity index is 2.49. The van der Waals surface area contributed by atoms with Crippen LogP contribution in [0.15, 0.2) is 53.4 Å². The van der Waals surface area contributed by atoms with Crippen LogP contribution in [-0.4, -0.2) is 15.0 Å². The molecule has 108 valence electrons. The third kappa shape index (κ3) is 3.03. The molecule has 0 N–H and O–H groups in total. The van der Waals surface area contributed by atoms with E-state index < -0.39 is 15.8 Å². The molecule has 0 aliphatic carbocycles. The maximum Gasteiger partial charge on any atom is 0.264 e. The molecule has 0 spiro atoms. The molecule has 0 bridgehead atoms. The summed E-state index contributed by atoms with van der Waals surface area (Å²) in [4.78, 5) is 0.0349. The standard InChI is InChI=1S/C15H13FN2O2S/c1-2-18(14-8-6-13(16)7-9-14)21(19,20)15-5-3-4-12(10-15)11-17/h3-10H,2H2,1H3. The fraction of sp³-hybridized carbons (Fsp3) is 0.133. The Morgan fingerprint density at radius 3 is 2.43 bits per heavy atom. The fourth-order valence-electron chi connectivity index (χ4n) is 1.95. The van der Waals surface area contributed by atoms with Gasteiger partial charge in [-0.25, -0.2) is 12.8 Å². The highest BCUT2D eigenvalue weighted by atomic mass is 32.2. The minimum absolute atomic E-state index is 0.0349. The molecule has 21 heavy (non-hydrogen) atoms. The molecule has 0 atom stereocenters. The van der Waals surface area contributed by atoms with Gasteiger partial charge in [0.25, 0.3) is 10.0 Å². The van der Waals surface area contributed by atoms with Crippen LogP contribution in [0.2, 0.25) is 0 Å². The van der Waals surface area contributed by atoms with E-state index in [9.17, 15) is 12.8 Å². The van der Waals surface area contributed by atoms with Gasteiger partial charge in [0, 0.05) is 6.54 Å². The molecule has 2 aromatic rings. The summed E-state index contributed by atoms with van der Waals surface area (Å²) < 4.78 is 39.4. The molecule has 6 heteroatoms. The van der Waals surface area contributed by atoms with Gasteiger partial charge in [0.2, 0.25) is 0 Å². The summed E-state index contributed by atoms with van der Waals surface area (Å²) in [5.74, 6) is -0.432. The largest absolute Gasteiger partial charge is 0.267 e. The van der Waals surface area contributed by atoms with Crippen molar-refractivity contribution in [1.82, 2.24) is 0 Å². The average molecular weight is 304 g/mol. The second-order valence-corrected chi connectivity index (χ2v) is 6.15. The van der Waals surface area contributed by atoms with Gasteiger partial charge < -0.3 is 0 Å². The van der Waals surface area contributed by atoms with Crippen molar-refractivity contribution in [1.29, 1.82) is 5.26 Å². The maximum absolute atomic E-state index is 13.0. The number of benzene rings is 2. The molecule has 4 nitrogen and oxygen atoms in total. The molecule has 0 amide bonds. The summed E-state index contributed by atoms with van der Waals surface area (Å²) in [5, 5.41) is 8.87. The fourth-order valence-corrected chi connectivity index (χ4v) is 3.47. The zero-order valence-electron chi connectivity index (χ0n) is 11.3. The van der Waals surface area contributed by atoms with Gasteiger partial charge in [-0.1, -0.05) is 6.07 Å². The molecule has 0 unspecified atom stereocenters. The van der Waals surface area contributed by atoms with Crippen molar-refractivity contribution in [2.75, 3.05) is 10.8 Å². The van der Waals surface area contributed by atoms with Gasteiger partial charge in [-0.15, -0.1) is 0 Å². The molecule has 2 rings (SSSR count). The molecule has 0 saturated heterocycles. The molecule has 0 radical (unpaired) electrons. The molecular formula is C15H13FN2O2S. The van der Waals surface area contributed by atoms with Crippen molar-refractivity contribution in [3.05, 3.63) is 59.9 Å². The van der Waals surface area contributed by atoms with Gasteiger partial charge in [-0.05, 0) is 49.4 Å². The normalized spacial score (nSPS) is 10.9. The minimum atomic E-state index is -3.79. The number of hydrogen-bond acceptors (Lipinski definition) is 3. The van der Waals surface area contributed by atoms with Crippen LogP contribution >= 0.6 is 0 Å². The first-order valence-electron chi connectivity index (χ1n) is 6.27. The van der Waals surface area contributed by atoms with Crippen LogP contribution in [0.1, 0.15) is 12.5 Å². The van der Waals surface area contributed by atoms with Crippen molar-refractivity contribution < 1.29 is 12.8 Å². The first-order chi connectivity index (χ1) is 9.98. The average Bonchev–Trinajstić information content (AvgIpc) is 2.50.